The fraction of sp³-hybridized carbons (Fsp3) is 0.0204. The highest BCUT2D eigenvalue weighted by atomic mass is 32.2. The Hall–Kier alpha value is -6.87. The van der Waals surface area contributed by atoms with Crippen molar-refractivity contribution in [3.8, 4) is 40.7 Å². The van der Waals surface area contributed by atoms with Crippen LogP contribution in [-0.2, 0) is 0 Å². The lowest BCUT2D eigenvalue weighted by atomic mass is 10.00. The van der Waals surface area contributed by atoms with Gasteiger partial charge in [-0.3, -0.25) is 4.57 Å². The van der Waals surface area contributed by atoms with Gasteiger partial charge in [-0.05, 0) is 84.1 Å². The Bertz CT molecular complexity index is 3330. The number of aromatic nitrogens is 4. The number of allylic oxidation sites excluding steroid dienone is 4. The molecule has 54 heavy (non-hydrogen) atoms. The lowest BCUT2D eigenvalue weighted by molar-refractivity contribution is 1.01. The standard InChI is InChI=1S/C49H30N4S/c1-3-5-14-33(4-2)52-41-19-10-8-16-35(41)38-28-31(23-26-42(38)52)32-24-27-43-39(29-32)36-25-22-30-13-6-7-15-34(30)48(36)53(43)49-50-40-18-12-21-45-46(40)47(51-49)37-17-9-11-20-44(37)54-45/h1,4-29H,2H3/b14-5-,33-4+. The molecule has 5 heteroatoms. The molecular formula is C49H30N4S. The van der Waals surface area contributed by atoms with E-state index in [9.17, 15) is 0 Å². The van der Waals surface area contributed by atoms with E-state index in [2.05, 4.69) is 161 Å². The fourth-order valence-electron chi connectivity index (χ4n) is 8.42. The van der Waals surface area contributed by atoms with Gasteiger partial charge in [0.15, 0.2) is 0 Å². The number of fused-ring (bicyclic) bond motifs is 10. The third-order valence-electron chi connectivity index (χ3n) is 10.8. The van der Waals surface area contributed by atoms with Gasteiger partial charge in [0.05, 0.1) is 33.3 Å². The maximum absolute atomic E-state index is 5.61. The van der Waals surface area contributed by atoms with Crippen LogP contribution in [0.4, 0.5) is 0 Å². The summed E-state index contributed by atoms with van der Waals surface area (Å²) in [6, 6.07) is 50.3. The molecule has 0 N–H and O–H groups in total. The maximum atomic E-state index is 5.61. The SMILES string of the molecule is C#C/C=C\C(=C/C)n1c2ccccc2c2cc(-c3ccc4c(c3)c3ccc5ccccc5c3n4-c3nc4c5c(cccc5n3)Sc3ccccc3-4)ccc21. The second-order valence-corrected chi connectivity index (χ2v) is 14.8. The molecule has 7 aromatic carbocycles. The Morgan fingerprint density at radius 1 is 0.648 bits per heavy atom. The summed E-state index contributed by atoms with van der Waals surface area (Å²) in [5.41, 5.74) is 10.9. The molecule has 3 aromatic heterocycles. The Balaban J connectivity index is 1.17. The summed E-state index contributed by atoms with van der Waals surface area (Å²) in [5.74, 6) is 3.32. The first-order chi connectivity index (χ1) is 26.7. The summed E-state index contributed by atoms with van der Waals surface area (Å²) >= 11 is 1.79. The highest BCUT2D eigenvalue weighted by Gasteiger charge is 2.24. The molecule has 1 aliphatic rings. The van der Waals surface area contributed by atoms with E-state index in [-0.39, 0.29) is 0 Å². The van der Waals surface area contributed by atoms with Crippen LogP contribution in [0.25, 0.3) is 99.3 Å². The van der Waals surface area contributed by atoms with Gasteiger partial charge >= 0.3 is 0 Å². The number of hydrogen-bond donors (Lipinski definition) is 0. The van der Waals surface area contributed by atoms with E-state index in [0.29, 0.717) is 5.95 Å². The molecule has 4 nitrogen and oxygen atoms in total. The minimum absolute atomic E-state index is 0.674. The monoisotopic (exact) mass is 706 g/mol. The highest BCUT2D eigenvalue weighted by molar-refractivity contribution is 7.99. The first-order valence-electron chi connectivity index (χ1n) is 18.1. The van der Waals surface area contributed by atoms with Crippen molar-refractivity contribution in [3.05, 3.63) is 158 Å². The van der Waals surface area contributed by atoms with Crippen LogP contribution in [0.3, 0.4) is 0 Å². The lowest BCUT2D eigenvalue weighted by Crippen LogP contribution is -2.05. The first kappa shape index (κ1) is 30.7. The molecule has 0 unspecified atom stereocenters. The predicted molar refractivity (Wildman–Crippen MR) is 227 cm³/mol. The second-order valence-electron chi connectivity index (χ2n) is 13.7. The third-order valence-corrected chi connectivity index (χ3v) is 11.9. The van der Waals surface area contributed by atoms with Gasteiger partial charge in [0.2, 0.25) is 5.95 Å². The van der Waals surface area contributed by atoms with Crippen LogP contribution in [0, 0.1) is 12.3 Å². The predicted octanol–water partition coefficient (Wildman–Crippen LogP) is 12.8. The van der Waals surface area contributed by atoms with Crippen molar-refractivity contribution in [1.82, 2.24) is 19.1 Å². The van der Waals surface area contributed by atoms with Crippen LogP contribution in [0.1, 0.15) is 6.92 Å². The van der Waals surface area contributed by atoms with Crippen molar-refractivity contribution >= 4 is 82.7 Å². The molecule has 10 aromatic rings. The van der Waals surface area contributed by atoms with E-state index in [0.717, 1.165) is 66.4 Å². The third kappa shape index (κ3) is 4.41. The van der Waals surface area contributed by atoms with E-state index in [1.807, 2.05) is 13.0 Å². The van der Waals surface area contributed by atoms with Crippen molar-refractivity contribution in [2.75, 3.05) is 0 Å². The summed E-state index contributed by atoms with van der Waals surface area (Å²) < 4.78 is 4.57. The molecule has 0 amide bonds. The fourth-order valence-corrected chi connectivity index (χ4v) is 9.53. The van der Waals surface area contributed by atoms with Crippen molar-refractivity contribution < 1.29 is 0 Å². The molecule has 11 rings (SSSR count). The zero-order valence-corrected chi connectivity index (χ0v) is 30.1. The molecule has 252 valence electrons. The Labute approximate surface area is 315 Å². The first-order valence-corrected chi connectivity index (χ1v) is 18.9. The van der Waals surface area contributed by atoms with Crippen LogP contribution in [0.2, 0.25) is 0 Å². The van der Waals surface area contributed by atoms with Gasteiger partial charge in [-0.15, -0.1) is 6.42 Å². The number of hydrogen-bond acceptors (Lipinski definition) is 3. The Morgan fingerprint density at radius 2 is 1.37 bits per heavy atom. The molecule has 0 saturated heterocycles. The minimum Gasteiger partial charge on any atom is -0.310 e. The van der Waals surface area contributed by atoms with E-state index in [1.165, 1.54) is 36.7 Å². The van der Waals surface area contributed by atoms with Crippen molar-refractivity contribution in [3.63, 3.8) is 0 Å². The normalized spacial score (nSPS) is 12.9. The van der Waals surface area contributed by atoms with Gasteiger partial charge in [-0.1, -0.05) is 115 Å². The molecule has 0 saturated carbocycles. The number of rotatable bonds is 4. The summed E-state index contributed by atoms with van der Waals surface area (Å²) in [6.45, 7) is 2.05. The van der Waals surface area contributed by atoms with Crippen molar-refractivity contribution in [2.24, 2.45) is 0 Å². The van der Waals surface area contributed by atoms with Gasteiger partial charge in [0, 0.05) is 53.4 Å². The zero-order valence-electron chi connectivity index (χ0n) is 29.3. The zero-order chi connectivity index (χ0) is 35.9. The van der Waals surface area contributed by atoms with Gasteiger partial charge < -0.3 is 4.57 Å². The van der Waals surface area contributed by atoms with Gasteiger partial charge in [-0.25, -0.2) is 9.97 Å². The molecule has 0 aliphatic carbocycles. The van der Waals surface area contributed by atoms with Crippen LogP contribution in [-0.4, -0.2) is 19.1 Å². The molecule has 0 radical (unpaired) electrons. The quantitative estimate of drug-likeness (QED) is 0.135. The topological polar surface area (TPSA) is 35.6 Å². The van der Waals surface area contributed by atoms with Crippen LogP contribution >= 0.6 is 11.8 Å². The number of benzene rings is 7. The minimum atomic E-state index is 0.674. The number of terminal acetylenes is 1. The molecule has 0 fully saturated rings. The largest absolute Gasteiger partial charge is 0.310 e. The number of nitrogens with zero attached hydrogens (tertiary/aromatic N) is 4. The number of para-hydroxylation sites is 1. The van der Waals surface area contributed by atoms with E-state index >= 15 is 0 Å². The van der Waals surface area contributed by atoms with Gasteiger partial charge in [0.25, 0.3) is 0 Å². The molecule has 0 bridgehead atoms. The van der Waals surface area contributed by atoms with Crippen LogP contribution < -0.4 is 0 Å². The molecular weight excluding hydrogens is 677 g/mol. The smallest absolute Gasteiger partial charge is 0.235 e. The summed E-state index contributed by atoms with van der Waals surface area (Å²) in [4.78, 5) is 13.1. The van der Waals surface area contributed by atoms with Crippen LogP contribution in [0.5, 0.6) is 0 Å². The van der Waals surface area contributed by atoms with Crippen LogP contribution in [0.15, 0.2) is 168 Å². The average molecular weight is 707 g/mol. The lowest BCUT2D eigenvalue weighted by Gasteiger charge is -2.20. The van der Waals surface area contributed by atoms with E-state index < -0.39 is 0 Å². The molecule has 0 atom stereocenters. The summed E-state index contributed by atoms with van der Waals surface area (Å²) in [5, 5.41) is 8.19. The van der Waals surface area contributed by atoms with Gasteiger partial charge in [-0.2, -0.15) is 0 Å². The molecule has 1 aliphatic heterocycles. The van der Waals surface area contributed by atoms with Gasteiger partial charge in [0.1, 0.15) is 0 Å². The maximum Gasteiger partial charge on any atom is 0.235 e. The Kier molecular flexibility index (Phi) is 6.73. The Morgan fingerprint density at radius 3 is 2.22 bits per heavy atom. The summed E-state index contributed by atoms with van der Waals surface area (Å²) in [6.07, 6.45) is 11.5. The average Bonchev–Trinajstić information content (AvgIpc) is 3.74. The summed E-state index contributed by atoms with van der Waals surface area (Å²) in [7, 11) is 0. The molecule has 0 spiro atoms. The van der Waals surface area contributed by atoms with E-state index in [4.69, 9.17) is 16.4 Å². The second kappa shape index (κ2) is 11.8. The highest BCUT2D eigenvalue weighted by Crippen LogP contribution is 2.47. The molecule has 4 heterocycles. The van der Waals surface area contributed by atoms with E-state index in [1.54, 1.807) is 17.8 Å². The van der Waals surface area contributed by atoms with Crippen molar-refractivity contribution in [2.45, 2.75) is 16.7 Å². The van der Waals surface area contributed by atoms with Crippen molar-refractivity contribution in [1.29, 1.82) is 0 Å².